The number of H-pyrrole nitrogens is 1. The first-order valence-corrected chi connectivity index (χ1v) is 7.75. The Kier molecular flexibility index (Phi) is 4.30. The van der Waals surface area contributed by atoms with Gasteiger partial charge in [0.25, 0.3) is 5.56 Å². The van der Waals surface area contributed by atoms with E-state index in [9.17, 15) is 9.59 Å². The molecule has 2 heterocycles. The van der Waals surface area contributed by atoms with Crippen LogP contribution in [0.15, 0.2) is 29.2 Å². The average molecular weight is 357 g/mol. The van der Waals surface area contributed by atoms with Crippen LogP contribution in [-0.4, -0.2) is 20.6 Å². The van der Waals surface area contributed by atoms with Gasteiger partial charge in [-0.2, -0.15) is 5.26 Å². The van der Waals surface area contributed by atoms with E-state index in [1.807, 2.05) is 13.0 Å². The molecule has 0 aliphatic carbocycles. The second kappa shape index (κ2) is 6.42. The van der Waals surface area contributed by atoms with Crippen LogP contribution >= 0.6 is 11.6 Å². The second-order valence-electron chi connectivity index (χ2n) is 5.52. The van der Waals surface area contributed by atoms with Crippen LogP contribution in [0.1, 0.15) is 22.4 Å². The van der Waals surface area contributed by atoms with Crippen LogP contribution in [0.25, 0.3) is 5.65 Å². The number of aryl methyl sites for hydroxylation is 2. The summed E-state index contributed by atoms with van der Waals surface area (Å²) in [6, 6.07) is 7.03. The van der Waals surface area contributed by atoms with Crippen LogP contribution < -0.4 is 10.3 Å². The second-order valence-corrected chi connectivity index (χ2v) is 5.93. The molecule has 1 aromatic carbocycles. The van der Waals surface area contributed by atoms with Crippen LogP contribution in [0.5, 0.6) is 5.75 Å². The van der Waals surface area contributed by atoms with Crippen molar-refractivity contribution in [2.24, 2.45) is 0 Å². The smallest absolute Gasteiger partial charge is 0.315 e. The molecule has 25 heavy (non-hydrogen) atoms. The summed E-state index contributed by atoms with van der Waals surface area (Å²) in [6.45, 7) is 3.46. The van der Waals surface area contributed by atoms with Crippen molar-refractivity contribution in [3.8, 4) is 11.8 Å². The number of nitrogens with zero attached hydrogens (tertiary/aromatic N) is 3. The zero-order chi connectivity index (χ0) is 18.1. The Bertz CT molecular complexity index is 1090. The molecule has 0 amide bonds. The number of carbonyl (C=O) groups is 1. The standard InChI is InChI=1S/C17H13ClN4O3/c1-9-3-4-13(18)14(5-9)25-15(23)6-12-10(2)21-16-11(7-19)8-20-22(16)17(12)24/h3-5,8,20H,6H2,1-2H3. The molecule has 0 saturated heterocycles. The monoisotopic (exact) mass is 356 g/mol. The Morgan fingerprint density at radius 1 is 1.44 bits per heavy atom. The molecule has 3 aromatic rings. The fourth-order valence-corrected chi connectivity index (χ4v) is 2.59. The SMILES string of the molecule is Cc1ccc(Cl)c(OC(=O)Cc2c(C)nc3c(C#N)c[nH]n3c2=O)c1. The summed E-state index contributed by atoms with van der Waals surface area (Å²) in [5.41, 5.74) is 1.48. The molecule has 0 unspecified atom stereocenters. The van der Waals surface area contributed by atoms with E-state index >= 15 is 0 Å². The third-order valence-electron chi connectivity index (χ3n) is 3.71. The summed E-state index contributed by atoms with van der Waals surface area (Å²) in [4.78, 5) is 29.0. The van der Waals surface area contributed by atoms with Crippen molar-refractivity contribution in [3.63, 3.8) is 0 Å². The van der Waals surface area contributed by atoms with Gasteiger partial charge in [-0.1, -0.05) is 17.7 Å². The molecule has 0 radical (unpaired) electrons. The number of hydrogen-bond donors (Lipinski definition) is 1. The lowest BCUT2D eigenvalue weighted by Gasteiger charge is -2.08. The molecule has 0 atom stereocenters. The van der Waals surface area contributed by atoms with E-state index in [0.717, 1.165) is 10.1 Å². The Labute approximate surface area is 147 Å². The number of ether oxygens (including phenoxy) is 1. The maximum absolute atomic E-state index is 12.5. The maximum atomic E-state index is 12.5. The van der Waals surface area contributed by atoms with Crippen LogP contribution in [0.2, 0.25) is 5.02 Å². The molecule has 0 saturated carbocycles. The fourth-order valence-electron chi connectivity index (χ4n) is 2.43. The Morgan fingerprint density at radius 2 is 2.20 bits per heavy atom. The Hall–Kier alpha value is -3.11. The highest BCUT2D eigenvalue weighted by Gasteiger charge is 2.18. The summed E-state index contributed by atoms with van der Waals surface area (Å²) in [5.74, 6) is -0.383. The first-order chi connectivity index (χ1) is 11.9. The quantitative estimate of drug-likeness (QED) is 0.573. The summed E-state index contributed by atoms with van der Waals surface area (Å²) < 4.78 is 6.40. The number of halogens is 1. The van der Waals surface area contributed by atoms with Crippen LogP contribution in [-0.2, 0) is 11.2 Å². The molecule has 126 valence electrons. The number of nitriles is 1. The minimum absolute atomic E-state index is 0.192. The lowest BCUT2D eigenvalue weighted by atomic mass is 10.1. The number of nitrogens with one attached hydrogen (secondary N) is 1. The number of fused-ring (bicyclic) bond motifs is 1. The highest BCUT2D eigenvalue weighted by molar-refractivity contribution is 6.32. The zero-order valence-corrected chi connectivity index (χ0v) is 14.2. The topological polar surface area (TPSA) is 100 Å². The largest absolute Gasteiger partial charge is 0.425 e. The van der Waals surface area contributed by atoms with E-state index in [1.54, 1.807) is 25.1 Å². The number of aromatic amines is 1. The fraction of sp³-hybridized carbons (Fsp3) is 0.176. The lowest BCUT2D eigenvalue weighted by Crippen LogP contribution is -2.25. The molecule has 0 aliphatic rings. The van der Waals surface area contributed by atoms with Gasteiger partial charge in [0.05, 0.1) is 17.0 Å². The van der Waals surface area contributed by atoms with Gasteiger partial charge in [0.15, 0.2) is 5.65 Å². The molecule has 7 nitrogen and oxygen atoms in total. The number of carbonyl (C=O) groups excluding carboxylic acids is 1. The minimum Gasteiger partial charge on any atom is -0.425 e. The summed E-state index contributed by atoms with van der Waals surface area (Å²) >= 11 is 6.01. The van der Waals surface area contributed by atoms with Gasteiger partial charge in [-0.3, -0.25) is 14.7 Å². The number of esters is 1. The molecule has 8 heteroatoms. The van der Waals surface area contributed by atoms with Crippen molar-refractivity contribution in [1.82, 2.24) is 14.6 Å². The van der Waals surface area contributed by atoms with E-state index in [1.165, 1.54) is 6.20 Å². The van der Waals surface area contributed by atoms with Crippen molar-refractivity contribution < 1.29 is 9.53 Å². The summed E-state index contributed by atoms with van der Waals surface area (Å²) in [5, 5.41) is 12.0. The molecular formula is C17H13ClN4O3. The summed E-state index contributed by atoms with van der Waals surface area (Å²) in [6.07, 6.45) is 1.13. The highest BCUT2D eigenvalue weighted by atomic mass is 35.5. The van der Waals surface area contributed by atoms with Crippen LogP contribution in [0, 0.1) is 25.2 Å². The van der Waals surface area contributed by atoms with Crippen LogP contribution in [0.3, 0.4) is 0 Å². The summed E-state index contributed by atoms with van der Waals surface area (Å²) in [7, 11) is 0. The maximum Gasteiger partial charge on any atom is 0.315 e. The molecule has 1 N–H and O–H groups in total. The third-order valence-corrected chi connectivity index (χ3v) is 4.03. The minimum atomic E-state index is -0.624. The molecular weight excluding hydrogens is 344 g/mol. The van der Waals surface area contributed by atoms with Gasteiger partial charge in [0, 0.05) is 11.9 Å². The normalized spacial score (nSPS) is 10.6. The van der Waals surface area contributed by atoms with Crippen molar-refractivity contribution in [1.29, 1.82) is 5.26 Å². The number of rotatable bonds is 3. The van der Waals surface area contributed by atoms with Crippen molar-refractivity contribution >= 4 is 23.2 Å². The molecule has 0 aliphatic heterocycles. The molecule has 0 bridgehead atoms. The first kappa shape index (κ1) is 16.7. The number of aromatic nitrogens is 3. The van der Waals surface area contributed by atoms with Gasteiger partial charge in [0.1, 0.15) is 17.4 Å². The first-order valence-electron chi connectivity index (χ1n) is 7.37. The predicted molar refractivity (Wildman–Crippen MR) is 90.8 cm³/mol. The van der Waals surface area contributed by atoms with Gasteiger partial charge in [0.2, 0.25) is 0 Å². The van der Waals surface area contributed by atoms with Gasteiger partial charge < -0.3 is 4.74 Å². The van der Waals surface area contributed by atoms with E-state index < -0.39 is 11.5 Å². The van der Waals surface area contributed by atoms with Gasteiger partial charge in [-0.05, 0) is 31.5 Å². The molecule has 3 rings (SSSR count). The average Bonchev–Trinajstić information content (AvgIpc) is 2.97. The van der Waals surface area contributed by atoms with Gasteiger partial charge in [-0.25, -0.2) is 9.50 Å². The Morgan fingerprint density at radius 3 is 2.92 bits per heavy atom. The van der Waals surface area contributed by atoms with Crippen molar-refractivity contribution in [2.45, 2.75) is 20.3 Å². The zero-order valence-electron chi connectivity index (χ0n) is 13.5. The third kappa shape index (κ3) is 3.12. The highest BCUT2D eigenvalue weighted by Crippen LogP contribution is 2.25. The van der Waals surface area contributed by atoms with Crippen LogP contribution in [0.4, 0.5) is 0 Å². The van der Waals surface area contributed by atoms with Gasteiger partial charge in [-0.15, -0.1) is 0 Å². The van der Waals surface area contributed by atoms with Gasteiger partial charge >= 0.3 is 5.97 Å². The van der Waals surface area contributed by atoms with E-state index in [4.69, 9.17) is 21.6 Å². The number of hydrogen-bond acceptors (Lipinski definition) is 5. The predicted octanol–water partition coefficient (Wildman–Crippen LogP) is 2.31. The van der Waals surface area contributed by atoms with E-state index in [2.05, 4.69) is 10.1 Å². The Balaban J connectivity index is 1.93. The lowest BCUT2D eigenvalue weighted by molar-refractivity contribution is -0.133. The molecule has 0 spiro atoms. The van der Waals surface area contributed by atoms with Crippen molar-refractivity contribution in [3.05, 3.63) is 62.2 Å². The molecule has 2 aromatic heterocycles. The van der Waals surface area contributed by atoms with Crippen molar-refractivity contribution in [2.75, 3.05) is 0 Å². The van der Waals surface area contributed by atoms with E-state index in [-0.39, 0.29) is 28.9 Å². The molecule has 0 fully saturated rings. The number of benzene rings is 1. The van der Waals surface area contributed by atoms with E-state index in [0.29, 0.717) is 10.7 Å².